The molecule has 7 heteroatoms. The van der Waals surface area contributed by atoms with Gasteiger partial charge in [0.15, 0.2) is 5.16 Å². The van der Waals surface area contributed by atoms with Gasteiger partial charge in [-0.1, -0.05) is 42.4 Å². The number of thioether (sulfide) groups is 1. The zero-order valence-corrected chi connectivity index (χ0v) is 16.5. The van der Waals surface area contributed by atoms with E-state index in [-0.39, 0.29) is 5.56 Å². The van der Waals surface area contributed by atoms with E-state index < -0.39 is 0 Å². The Hall–Kier alpha value is -1.89. The largest absolute Gasteiger partial charge is 0.287 e. The fraction of sp³-hybridized carbons (Fsp3) is 0.211. The maximum atomic E-state index is 12.9. The average molecular weight is 402 g/mol. The van der Waals surface area contributed by atoms with Crippen LogP contribution in [0.3, 0.4) is 0 Å². The third-order valence-electron chi connectivity index (χ3n) is 3.99. The number of rotatable bonds is 5. The molecule has 2 aromatic carbocycles. The number of benzene rings is 2. The summed E-state index contributed by atoms with van der Waals surface area (Å²) in [6, 6.07) is 13.3. The average Bonchev–Trinajstić information content (AvgIpc) is 3.05. The van der Waals surface area contributed by atoms with Crippen LogP contribution < -0.4 is 5.56 Å². The Balaban J connectivity index is 1.71. The van der Waals surface area contributed by atoms with Gasteiger partial charge in [0, 0.05) is 11.6 Å². The van der Waals surface area contributed by atoms with Crippen LogP contribution >= 0.6 is 34.7 Å². The smallest absolute Gasteiger partial charge is 0.262 e. The van der Waals surface area contributed by atoms with Crippen LogP contribution in [0.5, 0.6) is 0 Å². The predicted molar refractivity (Wildman–Crippen MR) is 110 cm³/mol. The van der Waals surface area contributed by atoms with E-state index >= 15 is 0 Å². The minimum atomic E-state index is -0.0136. The van der Waals surface area contributed by atoms with Crippen LogP contribution in [0.2, 0.25) is 5.02 Å². The van der Waals surface area contributed by atoms with Crippen LogP contribution in [-0.2, 0) is 12.3 Å². The number of aromatic nitrogens is 3. The number of fused-ring (bicyclic) bond motifs is 2. The van der Waals surface area contributed by atoms with E-state index in [0.717, 1.165) is 16.9 Å². The van der Waals surface area contributed by atoms with Crippen molar-refractivity contribution in [2.45, 2.75) is 30.8 Å². The molecule has 0 unspecified atom stereocenters. The molecular weight excluding hydrogens is 386 g/mol. The van der Waals surface area contributed by atoms with E-state index in [1.807, 2.05) is 18.2 Å². The van der Waals surface area contributed by atoms with Crippen LogP contribution in [0.4, 0.5) is 0 Å². The molecule has 0 radical (unpaired) electrons. The van der Waals surface area contributed by atoms with Crippen molar-refractivity contribution in [2.24, 2.45) is 0 Å². The van der Waals surface area contributed by atoms with E-state index in [0.29, 0.717) is 33.4 Å². The predicted octanol–water partition coefficient (Wildman–Crippen LogP) is 5.36. The SMILES string of the molecule is CCCn1c(SCc2nc3ccccc3s2)nc2cc(Cl)ccc2c1=O. The van der Waals surface area contributed by atoms with Gasteiger partial charge in [-0.25, -0.2) is 9.97 Å². The Morgan fingerprint density at radius 1 is 1.15 bits per heavy atom. The van der Waals surface area contributed by atoms with Crippen molar-refractivity contribution in [1.82, 2.24) is 14.5 Å². The van der Waals surface area contributed by atoms with Gasteiger partial charge in [0.2, 0.25) is 0 Å². The van der Waals surface area contributed by atoms with Crippen molar-refractivity contribution in [3.05, 3.63) is 62.8 Å². The van der Waals surface area contributed by atoms with Crippen molar-refractivity contribution < 1.29 is 0 Å². The third-order valence-corrected chi connectivity index (χ3v) is 6.43. The molecule has 0 N–H and O–H groups in total. The summed E-state index contributed by atoms with van der Waals surface area (Å²) < 4.78 is 2.93. The highest BCUT2D eigenvalue weighted by Gasteiger charge is 2.13. The molecule has 132 valence electrons. The van der Waals surface area contributed by atoms with Gasteiger partial charge in [-0.05, 0) is 36.8 Å². The molecule has 4 nitrogen and oxygen atoms in total. The highest BCUT2D eigenvalue weighted by atomic mass is 35.5. The van der Waals surface area contributed by atoms with Crippen LogP contribution in [0.15, 0.2) is 52.4 Å². The number of halogens is 1. The van der Waals surface area contributed by atoms with Gasteiger partial charge in [0.1, 0.15) is 5.01 Å². The first kappa shape index (κ1) is 17.5. The van der Waals surface area contributed by atoms with Crippen molar-refractivity contribution >= 4 is 55.8 Å². The molecular formula is C19H16ClN3OS2. The summed E-state index contributed by atoms with van der Waals surface area (Å²) in [5, 5.41) is 2.93. The Kier molecular flexibility index (Phi) is 4.98. The maximum absolute atomic E-state index is 12.9. The second kappa shape index (κ2) is 7.39. The van der Waals surface area contributed by atoms with E-state index in [9.17, 15) is 4.79 Å². The second-order valence-corrected chi connectivity index (χ2v) is 8.37. The molecule has 0 atom stereocenters. The van der Waals surface area contributed by atoms with Crippen LogP contribution in [-0.4, -0.2) is 14.5 Å². The number of hydrogen-bond acceptors (Lipinski definition) is 5. The van der Waals surface area contributed by atoms with E-state index in [2.05, 4.69) is 18.0 Å². The molecule has 0 saturated heterocycles. The summed E-state index contributed by atoms with van der Waals surface area (Å²) in [5.41, 5.74) is 1.64. The molecule has 2 heterocycles. The summed E-state index contributed by atoms with van der Waals surface area (Å²) in [4.78, 5) is 22.2. The number of para-hydroxylation sites is 1. The van der Waals surface area contributed by atoms with Crippen molar-refractivity contribution in [3.63, 3.8) is 0 Å². The van der Waals surface area contributed by atoms with Gasteiger partial charge in [0.05, 0.1) is 26.9 Å². The third kappa shape index (κ3) is 3.37. The Morgan fingerprint density at radius 2 is 2.00 bits per heavy atom. The van der Waals surface area contributed by atoms with Gasteiger partial charge in [-0.15, -0.1) is 11.3 Å². The summed E-state index contributed by atoms with van der Waals surface area (Å²) in [6.07, 6.45) is 0.870. The zero-order chi connectivity index (χ0) is 18.1. The van der Waals surface area contributed by atoms with Crippen molar-refractivity contribution in [2.75, 3.05) is 0 Å². The van der Waals surface area contributed by atoms with Gasteiger partial charge in [-0.2, -0.15) is 0 Å². The van der Waals surface area contributed by atoms with Crippen molar-refractivity contribution in [1.29, 1.82) is 0 Å². The monoisotopic (exact) mass is 401 g/mol. The lowest BCUT2D eigenvalue weighted by atomic mass is 10.2. The molecule has 0 spiro atoms. The minimum absolute atomic E-state index is 0.0136. The summed E-state index contributed by atoms with van der Waals surface area (Å²) in [6.45, 7) is 2.70. The minimum Gasteiger partial charge on any atom is -0.287 e. The lowest BCUT2D eigenvalue weighted by Gasteiger charge is -2.11. The van der Waals surface area contributed by atoms with Gasteiger partial charge in [-0.3, -0.25) is 9.36 Å². The molecule has 0 aliphatic rings. The molecule has 26 heavy (non-hydrogen) atoms. The topological polar surface area (TPSA) is 47.8 Å². The molecule has 4 aromatic rings. The Labute approximate surface area is 163 Å². The van der Waals surface area contributed by atoms with Gasteiger partial charge >= 0.3 is 0 Å². The van der Waals surface area contributed by atoms with E-state index in [1.54, 1.807) is 45.9 Å². The molecule has 0 aliphatic heterocycles. The standard InChI is InChI=1S/C19H16ClN3OS2/c1-2-9-23-18(24)13-8-7-12(20)10-15(13)22-19(23)25-11-17-21-14-5-3-4-6-16(14)26-17/h3-8,10H,2,9,11H2,1H3. The Bertz CT molecular complexity index is 1120. The number of nitrogens with zero attached hydrogens (tertiary/aromatic N) is 3. The fourth-order valence-corrected chi connectivity index (χ4v) is 4.96. The molecule has 0 fully saturated rings. The lowest BCUT2D eigenvalue weighted by molar-refractivity contribution is 0.584. The fourth-order valence-electron chi connectivity index (χ4n) is 2.81. The summed E-state index contributed by atoms with van der Waals surface area (Å²) in [5.74, 6) is 0.682. The lowest BCUT2D eigenvalue weighted by Crippen LogP contribution is -2.23. The zero-order valence-electron chi connectivity index (χ0n) is 14.1. The molecule has 4 rings (SSSR count). The van der Waals surface area contributed by atoms with Crippen LogP contribution in [0, 0.1) is 0 Å². The first-order chi connectivity index (χ1) is 12.7. The number of thiazole rings is 1. The molecule has 0 amide bonds. The van der Waals surface area contributed by atoms with Crippen LogP contribution in [0.25, 0.3) is 21.1 Å². The highest BCUT2D eigenvalue weighted by Crippen LogP contribution is 2.28. The number of hydrogen-bond donors (Lipinski definition) is 0. The molecule has 0 saturated carbocycles. The Morgan fingerprint density at radius 3 is 2.81 bits per heavy atom. The van der Waals surface area contributed by atoms with Crippen molar-refractivity contribution in [3.8, 4) is 0 Å². The van der Waals surface area contributed by atoms with Crippen LogP contribution in [0.1, 0.15) is 18.4 Å². The summed E-state index contributed by atoms with van der Waals surface area (Å²) >= 11 is 9.30. The highest BCUT2D eigenvalue weighted by molar-refractivity contribution is 7.98. The van der Waals surface area contributed by atoms with Gasteiger partial charge in [0.25, 0.3) is 5.56 Å². The molecule has 2 aromatic heterocycles. The normalized spacial score (nSPS) is 11.5. The molecule has 0 bridgehead atoms. The molecule has 0 aliphatic carbocycles. The first-order valence-electron chi connectivity index (χ1n) is 8.33. The quantitative estimate of drug-likeness (QED) is 0.333. The summed E-state index contributed by atoms with van der Waals surface area (Å²) in [7, 11) is 0. The van der Waals surface area contributed by atoms with E-state index in [4.69, 9.17) is 16.6 Å². The van der Waals surface area contributed by atoms with Gasteiger partial charge < -0.3 is 0 Å². The second-order valence-electron chi connectivity index (χ2n) is 5.88. The maximum Gasteiger partial charge on any atom is 0.262 e. The van der Waals surface area contributed by atoms with E-state index in [1.165, 1.54) is 4.70 Å². The first-order valence-corrected chi connectivity index (χ1v) is 10.5.